The van der Waals surface area contributed by atoms with Crippen LogP contribution in [-0.4, -0.2) is 31.1 Å². The van der Waals surface area contributed by atoms with E-state index in [1.54, 1.807) is 18.2 Å². The van der Waals surface area contributed by atoms with E-state index >= 15 is 0 Å². The number of carbonyl (C=O) groups excluding carboxylic acids is 2. The fourth-order valence-corrected chi connectivity index (χ4v) is 3.47. The second-order valence-corrected chi connectivity index (χ2v) is 6.93. The number of rotatable bonds is 6. The SMILES string of the molecule is O=C(COC(=O)[C@@H]1C[C@@H]1c1ccccc1F)NC[C@@H]1Cc2ccccc2O1. The summed E-state index contributed by atoms with van der Waals surface area (Å²) in [6, 6.07) is 14.2. The largest absolute Gasteiger partial charge is 0.488 e. The van der Waals surface area contributed by atoms with Crippen molar-refractivity contribution in [2.75, 3.05) is 13.2 Å². The Kier molecular flexibility index (Phi) is 4.79. The average Bonchev–Trinajstić information content (AvgIpc) is 3.36. The number of halogens is 1. The van der Waals surface area contributed by atoms with Crippen molar-refractivity contribution in [2.24, 2.45) is 5.92 Å². The first kappa shape index (κ1) is 17.5. The number of benzene rings is 2. The van der Waals surface area contributed by atoms with Gasteiger partial charge in [0.2, 0.25) is 0 Å². The second-order valence-electron chi connectivity index (χ2n) is 6.93. The van der Waals surface area contributed by atoms with Crippen LogP contribution in [-0.2, 0) is 20.7 Å². The van der Waals surface area contributed by atoms with Gasteiger partial charge in [-0.1, -0.05) is 36.4 Å². The molecule has 1 N–H and O–H groups in total. The fourth-order valence-electron chi connectivity index (χ4n) is 3.47. The molecule has 0 aromatic heterocycles. The minimum Gasteiger partial charge on any atom is -0.488 e. The van der Waals surface area contributed by atoms with Crippen LogP contribution >= 0.6 is 0 Å². The summed E-state index contributed by atoms with van der Waals surface area (Å²) in [4.78, 5) is 24.0. The van der Waals surface area contributed by atoms with Gasteiger partial charge in [-0.05, 0) is 29.7 Å². The Morgan fingerprint density at radius 3 is 2.74 bits per heavy atom. The lowest BCUT2D eigenvalue weighted by molar-refractivity contribution is -0.150. The van der Waals surface area contributed by atoms with Gasteiger partial charge in [0.15, 0.2) is 6.61 Å². The molecule has 1 aliphatic carbocycles. The van der Waals surface area contributed by atoms with Gasteiger partial charge >= 0.3 is 5.97 Å². The molecule has 0 spiro atoms. The first-order valence-corrected chi connectivity index (χ1v) is 9.04. The third-order valence-corrected chi connectivity index (χ3v) is 4.98. The minimum absolute atomic E-state index is 0.115. The zero-order valence-corrected chi connectivity index (χ0v) is 14.7. The first-order chi connectivity index (χ1) is 13.1. The predicted molar refractivity (Wildman–Crippen MR) is 95.8 cm³/mol. The summed E-state index contributed by atoms with van der Waals surface area (Å²) in [5.74, 6) is -0.826. The lowest BCUT2D eigenvalue weighted by atomic mass is 10.1. The van der Waals surface area contributed by atoms with Gasteiger partial charge in [-0.15, -0.1) is 0 Å². The lowest BCUT2D eigenvalue weighted by Gasteiger charge is -2.12. The molecular formula is C21H20FNO4. The summed E-state index contributed by atoms with van der Waals surface area (Å²) in [5.41, 5.74) is 1.65. The molecule has 0 bridgehead atoms. The number of esters is 1. The highest BCUT2D eigenvalue weighted by atomic mass is 19.1. The summed E-state index contributed by atoms with van der Waals surface area (Å²) < 4.78 is 24.6. The standard InChI is InChI=1S/C21H20FNO4/c22-18-7-3-2-6-15(18)16-10-17(16)21(25)26-12-20(24)23-11-14-9-13-5-1-4-8-19(13)27-14/h1-8,14,16-17H,9-12H2,(H,23,24)/t14-,16+,17+/m0/s1. The van der Waals surface area contributed by atoms with Gasteiger partial charge in [0.05, 0.1) is 12.5 Å². The van der Waals surface area contributed by atoms with Crippen molar-refractivity contribution in [1.82, 2.24) is 5.32 Å². The maximum atomic E-state index is 13.7. The van der Waals surface area contributed by atoms with Gasteiger partial charge in [0.1, 0.15) is 17.7 Å². The number of hydrogen-bond acceptors (Lipinski definition) is 4. The molecule has 1 heterocycles. The van der Waals surface area contributed by atoms with Crippen LogP contribution in [0.4, 0.5) is 4.39 Å². The van der Waals surface area contributed by atoms with Crippen LogP contribution in [0.1, 0.15) is 23.5 Å². The van der Waals surface area contributed by atoms with Gasteiger partial charge in [-0.3, -0.25) is 9.59 Å². The Morgan fingerprint density at radius 2 is 1.93 bits per heavy atom. The molecule has 1 aliphatic heterocycles. The smallest absolute Gasteiger partial charge is 0.310 e. The highest BCUT2D eigenvalue weighted by Gasteiger charge is 2.46. The molecule has 1 fully saturated rings. The highest BCUT2D eigenvalue weighted by Crippen LogP contribution is 2.48. The Bertz CT molecular complexity index is 844. The van der Waals surface area contributed by atoms with Gasteiger partial charge in [0, 0.05) is 12.3 Å². The van der Waals surface area contributed by atoms with Crippen molar-refractivity contribution < 1.29 is 23.5 Å². The second kappa shape index (κ2) is 7.39. The number of nitrogens with one attached hydrogen (secondary N) is 1. The maximum Gasteiger partial charge on any atom is 0.310 e. The van der Waals surface area contributed by atoms with Crippen molar-refractivity contribution in [3.63, 3.8) is 0 Å². The molecule has 27 heavy (non-hydrogen) atoms. The number of carbonyl (C=O) groups is 2. The molecule has 1 saturated carbocycles. The molecule has 5 nitrogen and oxygen atoms in total. The van der Waals surface area contributed by atoms with E-state index in [0.717, 1.165) is 17.7 Å². The minimum atomic E-state index is -0.456. The monoisotopic (exact) mass is 369 g/mol. The number of para-hydroxylation sites is 1. The van der Waals surface area contributed by atoms with Crippen LogP contribution in [0.15, 0.2) is 48.5 Å². The molecule has 4 rings (SSSR count). The van der Waals surface area contributed by atoms with Crippen molar-refractivity contribution in [3.8, 4) is 5.75 Å². The van der Waals surface area contributed by atoms with E-state index < -0.39 is 5.97 Å². The quantitative estimate of drug-likeness (QED) is 0.795. The van der Waals surface area contributed by atoms with Crippen LogP contribution in [0.5, 0.6) is 5.75 Å². The normalized spacial score (nSPS) is 22.5. The Morgan fingerprint density at radius 1 is 1.15 bits per heavy atom. The van der Waals surface area contributed by atoms with Gasteiger partial charge in [0.25, 0.3) is 5.91 Å². The molecule has 1 amide bonds. The Hall–Kier alpha value is -2.89. The molecule has 3 atom stereocenters. The summed E-state index contributed by atoms with van der Waals surface area (Å²) in [6.45, 7) is 0.0192. The molecule has 2 aromatic carbocycles. The average molecular weight is 369 g/mol. The molecule has 0 radical (unpaired) electrons. The van der Waals surface area contributed by atoms with Gasteiger partial charge in [-0.2, -0.15) is 0 Å². The highest BCUT2D eigenvalue weighted by molar-refractivity contribution is 5.83. The van der Waals surface area contributed by atoms with E-state index in [-0.39, 0.29) is 36.3 Å². The van der Waals surface area contributed by atoms with E-state index in [0.29, 0.717) is 18.5 Å². The van der Waals surface area contributed by atoms with Gasteiger partial charge in [-0.25, -0.2) is 4.39 Å². The molecule has 2 aliphatic rings. The van der Waals surface area contributed by atoms with Crippen LogP contribution in [0, 0.1) is 11.7 Å². The molecule has 0 unspecified atom stereocenters. The summed E-state index contributed by atoms with van der Waals surface area (Å²) in [5, 5.41) is 2.72. The van der Waals surface area contributed by atoms with Gasteiger partial charge < -0.3 is 14.8 Å². The van der Waals surface area contributed by atoms with Crippen molar-refractivity contribution in [3.05, 3.63) is 65.5 Å². The van der Waals surface area contributed by atoms with Crippen LogP contribution < -0.4 is 10.1 Å². The van der Waals surface area contributed by atoms with Crippen LogP contribution in [0.25, 0.3) is 0 Å². The summed E-state index contributed by atoms with van der Waals surface area (Å²) >= 11 is 0. The zero-order chi connectivity index (χ0) is 18.8. The summed E-state index contributed by atoms with van der Waals surface area (Å²) in [7, 11) is 0. The maximum absolute atomic E-state index is 13.7. The molecular weight excluding hydrogens is 349 g/mol. The van der Waals surface area contributed by atoms with Crippen molar-refractivity contribution in [1.29, 1.82) is 0 Å². The topological polar surface area (TPSA) is 64.6 Å². The van der Waals surface area contributed by atoms with E-state index in [9.17, 15) is 14.0 Å². The molecule has 2 aromatic rings. The predicted octanol–water partition coefficient (Wildman–Crippen LogP) is 2.59. The number of hydrogen-bond donors (Lipinski definition) is 1. The Balaban J connectivity index is 1.18. The lowest BCUT2D eigenvalue weighted by Crippen LogP contribution is -2.37. The number of fused-ring (bicyclic) bond motifs is 1. The molecule has 140 valence electrons. The third-order valence-electron chi connectivity index (χ3n) is 4.98. The summed E-state index contributed by atoms with van der Waals surface area (Å²) in [6.07, 6.45) is 1.17. The van der Waals surface area contributed by atoms with E-state index in [1.165, 1.54) is 6.07 Å². The van der Waals surface area contributed by atoms with Crippen LogP contribution in [0.2, 0.25) is 0 Å². The van der Waals surface area contributed by atoms with Crippen molar-refractivity contribution >= 4 is 11.9 Å². The van der Waals surface area contributed by atoms with E-state index in [2.05, 4.69) is 5.32 Å². The number of amides is 1. The molecule has 0 saturated heterocycles. The van der Waals surface area contributed by atoms with E-state index in [1.807, 2.05) is 24.3 Å². The first-order valence-electron chi connectivity index (χ1n) is 9.04. The third kappa shape index (κ3) is 3.94. The molecule has 6 heteroatoms. The van der Waals surface area contributed by atoms with Crippen molar-refractivity contribution in [2.45, 2.75) is 24.9 Å². The Labute approximate surface area is 156 Å². The number of ether oxygens (including phenoxy) is 2. The zero-order valence-electron chi connectivity index (χ0n) is 14.7. The fraction of sp³-hybridized carbons (Fsp3) is 0.333. The van der Waals surface area contributed by atoms with Crippen LogP contribution in [0.3, 0.4) is 0 Å². The van der Waals surface area contributed by atoms with E-state index in [4.69, 9.17) is 9.47 Å².